The van der Waals surface area contributed by atoms with Gasteiger partial charge in [-0.15, -0.1) is 0 Å². The highest BCUT2D eigenvalue weighted by molar-refractivity contribution is 6.31. The van der Waals surface area contributed by atoms with Crippen LogP contribution in [0.2, 0.25) is 5.02 Å². The number of rotatable bonds is 8. The monoisotopic (exact) mass is 514 g/mol. The van der Waals surface area contributed by atoms with Gasteiger partial charge in [0.1, 0.15) is 19.5 Å². The fourth-order valence-electron chi connectivity index (χ4n) is 4.20. The second-order valence-corrected chi connectivity index (χ2v) is 8.61. The first-order valence-corrected chi connectivity index (χ1v) is 12.1. The third-order valence-electron chi connectivity index (χ3n) is 5.78. The van der Waals surface area contributed by atoms with Gasteiger partial charge in [-0.25, -0.2) is 9.50 Å². The molecular formula is C28H23ClN4O4. The van der Waals surface area contributed by atoms with Crippen LogP contribution in [0.4, 0.5) is 0 Å². The zero-order valence-corrected chi connectivity index (χ0v) is 20.7. The lowest BCUT2D eigenvalue weighted by atomic mass is 9.98. The molecule has 0 bridgehead atoms. The molecule has 9 heteroatoms. The molecule has 0 aliphatic rings. The van der Waals surface area contributed by atoms with Gasteiger partial charge in [0.25, 0.3) is 5.91 Å². The number of carbonyl (C=O) groups excluding carboxylic acids is 2. The molecular weight excluding hydrogens is 492 g/mol. The number of carbonyl (C=O) groups is 2. The molecule has 3 aromatic carbocycles. The van der Waals surface area contributed by atoms with E-state index in [4.69, 9.17) is 21.1 Å². The predicted molar refractivity (Wildman–Crippen MR) is 141 cm³/mol. The van der Waals surface area contributed by atoms with Gasteiger partial charge >= 0.3 is 5.97 Å². The predicted octanol–water partition coefficient (Wildman–Crippen LogP) is 5.07. The van der Waals surface area contributed by atoms with Gasteiger partial charge in [0.15, 0.2) is 17.1 Å². The highest BCUT2D eigenvalue weighted by atomic mass is 35.5. The Morgan fingerprint density at radius 2 is 1.84 bits per heavy atom. The largest absolute Gasteiger partial charge is 0.486 e. The first kappa shape index (κ1) is 24.3. The Labute approximate surface area is 217 Å². The second-order valence-electron chi connectivity index (χ2n) is 8.17. The smallest absolute Gasteiger partial charge is 0.325 e. The van der Waals surface area contributed by atoms with E-state index in [0.717, 1.165) is 22.1 Å². The number of pyridine rings is 1. The third kappa shape index (κ3) is 4.96. The van der Waals surface area contributed by atoms with Gasteiger partial charge in [-0.05, 0) is 35.7 Å². The van der Waals surface area contributed by atoms with E-state index in [1.807, 2.05) is 72.8 Å². The molecule has 5 rings (SSSR count). The van der Waals surface area contributed by atoms with Gasteiger partial charge in [0.2, 0.25) is 0 Å². The molecule has 0 unspecified atom stereocenters. The number of benzene rings is 3. The molecule has 0 aliphatic heterocycles. The zero-order chi connectivity index (χ0) is 25.8. The van der Waals surface area contributed by atoms with Crippen molar-refractivity contribution in [1.29, 1.82) is 0 Å². The molecule has 0 saturated carbocycles. The van der Waals surface area contributed by atoms with Crippen LogP contribution in [-0.2, 0) is 16.1 Å². The van der Waals surface area contributed by atoms with E-state index in [-0.39, 0.29) is 25.5 Å². The Morgan fingerprint density at radius 3 is 2.62 bits per heavy atom. The highest BCUT2D eigenvalue weighted by Crippen LogP contribution is 2.39. The molecule has 1 N–H and O–H groups in total. The zero-order valence-electron chi connectivity index (χ0n) is 20.0. The number of hydrogen-bond acceptors (Lipinski definition) is 6. The van der Waals surface area contributed by atoms with Crippen LogP contribution in [0, 0.1) is 0 Å². The normalized spacial score (nSPS) is 11.0. The summed E-state index contributed by atoms with van der Waals surface area (Å²) in [6, 6.07) is 22.9. The van der Waals surface area contributed by atoms with E-state index in [1.165, 1.54) is 10.8 Å². The van der Waals surface area contributed by atoms with Crippen molar-refractivity contribution >= 4 is 39.9 Å². The lowest BCUT2D eigenvalue weighted by Gasteiger charge is -2.18. The molecule has 2 aromatic heterocycles. The van der Waals surface area contributed by atoms with Gasteiger partial charge in [0.05, 0.1) is 6.61 Å². The molecule has 0 spiro atoms. The van der Waals surface area contributed by atoms with Crippen molar-refractivity contribution in [2.45, 2.75) is 13.5 Å². The van der Waals surface area contributed by atoms with Crippen molar-refractivity contribution in [3.63, 3.8) is 0 Å². The maximum Gasteiger partial charge on any atom is 0.325 e. The highest BCUT2D eigenvalue weighted by Gasteiger charge is 2.25. The van der Waals surface area contributed by atoms with E-state index < -0.39 is 11.9 Å². The van der Waals surface area contributed by atoms with E-state index in [0.29, 0.717) is 21.8 Å². The number of hydrogen-bond donors (Lipinski definition) is 1. The molecule has 37 heavy (non-hydrogen) atoms. The van der Waals surface area contributed by atoms with Crippen LogP contribution in [-0.4, -0.2) is 39.6 Å². The lowest BCUT2D eigenvalue weighted by Crippen LogP contribution is -2.32. The number of nitrogens with zero attached hydrogens (tertiary/aromatic N) is 3. The number of esters is 1. The lowest BCUT2D eigenvalue weighted by molar-refractivity contribution is -0.141. The molecule has 1 amide bonds. The summed E-state index contributed by atoms with van der Waals surface area (Å²) in [6.45, 7) is 1.85. The molecule has 0 saturated heterocycles. The molecule has 8 nitrogen and oxygen atoms in total. The fourth-order valence-corrected chi connectivity index (χ4v) is 4.39. The topological polar surface area (TPSA) is 94.8 Å². The Bertz CT molecular complexity index is 1600. The minimum absolute atomic E-state index is 0.128. The first-order valence-electron chi connectivity index (χ1n) is 11.7. The summed E-state index contributed by atoms with van der Waals surface area (Å²) in [6.07, 6.45) is 1.38. The van der Waals surface area contributed by atoms with Crippen LogP contribution < -0.4 is 10.1 Å². The summed E-state index contributed by atoms with van der Waals surface area (Å²) >= 11 is 6.29. The van der Waals surface area contributed by atoms with Crippen LogP contribution in [0.3, 0.4) is 0 Å². The Morgan fingerprint density at radius 1 is 1.03 bits per heavy atom. The number of aromatic nitrogens is 3. The Hall–Kier alpha value is -4.43. The summed E-state index contributed by atoms with van der Waals surface area (Å²) < 4.78 is 12.7. The maximum absolute atomic E-state index is 13.4. The molecule has 0 atom stereocenters. The van der Waals surface area contributed by atoms with Crippen LogP contribution in [0.15, 0.2) is 79.1 Å². The fraction of sp³-hybridized carbons (Fsp3) is 0.143. The quantitative estimate of drug-likeness (QED) is 0.290. The summed E-state index contributed by atoms with van der Waals surface area (Å²) in [5.41, 5.74) is 3.28. The average molecular weight is 515 g/mol. The van der Waals surface area contributed by atoms with Crippen LogP contribution in [0.1, 0.15) is 23.0 Å². The van der Waals surface area contributed by atoms with Gasteiger partial charge in [-0.1, -0.05) is 72.3 Å². The molecule has 2 heterocycles. The van der Waals surface area contributed by atoms with Crippen molar-refractivity contribution in [3.8, 4) is 16.9 Å². The first-order chi connectivity index (χ1) is 18.1. The Balaban J connectivity index is 1.70. The van der Waals surface area contributed by atoms with Crippen LogP contribution >= 0.6 is 11.6 Å². The van der Waals surface area contributed by atoms with Crippen molar-refractivity contribution in [2.24, 2.45) is 0 Å². The molecule has 0 aliphatic carbocycles. The van der Waals surface area contributed by atoms with Crippen molar-refractivity contribution < 1.29 is 19.1 Å². The van der Waals surface area contributed by atoms with Crippen molar-refractivity contribution in [3.05, 3.63) is 95.4 Å². The SMILES string of the molecule is CCOC(=O)CNC(=O)c1c(OCc2ccccc2)c2cccc(-c3cccc(Cl)c3)c2c2ncnn12. The van der Waals surface area contributed by atoms with Gasteiger partial charge in [-0.3, -0.25) is 9.59 Å². The standard InChI is InChI=1S/C28H23ClN4O4/c1-2-36-23(34)15-30-28(35)25-26(37-16-18-8-4-3-5-9-18)22-13-7-12-21(19-10-6-11-20(29)14-19)24(22)27-31-17-32-33(25)27/h3-14,17H,2,15-16H2,1H3,(H,30,35). The van der Waals surface area contributed by atoms with E-state index in [1.54, 1.807) is 6.92 Å². The minimum atomic E-state index is -0.540. The molecule has 0 fully saturated rings. The Kier molecular flexibility index (Phi) is 7.00. The number of amides is 1. The van der Waals surface area contributed by atoms with E-state index in [9.17, 15) is 9.59 Å². The van der Waals surface area contributed by atoms with E-state index in [2.05, 4.69) is 15.4 Å². The van der Waals surface area contributed by atoms with Crippen molar-refractivity contribution in [1.82, 2.24) is 19.9 Å². The van der Waals surface area contributed by atoms with Crippen molar-refractivity contribution in [2.75, 3.05) is 13.2 Å². The van der Waals surface area contributed by atoms with Crippen LogP contribution in [0.25, 0.3) is 27.5 Å². The summed E-state index contributed by atoms with van der Waals surface area (Å²) in [7, 11) is 0. The second kappa shape index (κ2) is 10.7. The van der Waals surface area contributed by atoms with Gasteiger partial charge < -0.3 is 14.8 Å². The number of fused-ring (bicyclic) bond motifs is 3. The van der Waals surface area contributed by atoms with Crippen LogP contribution in [0.5, 0.6) is 5.75 Å². The number of halogens is 1. The number of ether oxygens (including phenoxy) is 2. The third-order valence-corrected chi connectivity index (χ3v) is 6.02. The molecule has 5 aromatic rings. The molecule has 0 radical (unpaired) electrons. The average Bonchev–Trinajstić information content (AvgIpc) is 3.40. The number of nitrogens with one attached hydrogen (secondary N) is 1. The van der Waals surface area contributed by atoms with Gasteiger partial charge in [-0.2, -0.15) is 5.10 Å². The maximum atomic E-state index is 13.4. The summed E-state index contributed by atoms with van der Waals surface area (Å²) in [5.74, 6) is -0.759. The molecule has 186 valence electrons. The van der Waals surface area contributed by atoms with E-state index >= 15 is 0 Å². The van der Waals surface area contributed by atoms with Gasteiger partial charge in [0, 0.05) is 15.8 Å². The summed E-state index contributed by atoms with van der Waals surface area (Å²) in [5, 5.41) is 9.00. The minimum Gasteiger partial charge on any atom is -0.486 e. The summed E-state index contributed by atoms with van der Waals surface area (Å²) in [4.78, 5) is 29.8.